The van der Waals surface area contributed by atoms with Crippen molar-refractivity contribution in [3.63, 3.8) is 0 Å². The van der Waals surface area contributed by atoms with Crippen LogP contribution in [-0.2, 0) is 6.54 Å². The monoisotopic (exact) mass is 441 g/mol. The van der Waals surface area contributed by atoms with Crippen molar-refractivity contribution in [1.29, 1.82) is 0 Å². The predicted octanol–water partition coefficient (Wildman–Crippen LogP) is 5.78. The summed E-state index contributed by atoms with van der Waals surface area (Å²) in [5.41, 5.74) is 3.19. The third kappa shape index (κ3) is 5.16. The van der Waals surface area contributed by atoms with Crippen LogP contribution < -0.4 is 10.6 Å². The van der Waals surface area contributed by atoms with Crippen molar-refractivity contribution in [2.24, 2.45) is 0 Å². The van der Waals surface area contributed by atoms with Crippen LogP contribution in [-0.4, -0.2) is 10.9 Å². The quantitative estimate of drug-likeness (QED) is 0.509. The first-order valence-corrected chi connectivity index (χ1v) is 9.77. The lowest BCUT2D eigenvalue weighted by molar-refractivity contribution is 0.0949. The summed E-state index contributed by atoms with van der Waals surface area (Å²) in [7, 11) is 0. The average Bonchev–Trinajstić information content (AvgIpc) is 2.67. The normalized spacial score (nSPS) is 10.8. The number of nitrogens with one attached hydrogen (secondary N) is 2. The number of hydrogen-bond acceptors (Lipinski definition) is 3. The van der Waals surface area contributed by atoms with Gasteiger partial charge in [0.2, 0.25) is 0 Å². The van der Waals surface area contributed by atoms with Crippen molar-refractivity contribution in [3.8, 4) is 0 Å². The molecule has 1 amide bonds. The molecule has 0 radical (unpaired) electrons. The first-order chi connectivity index (χ1) is 13.4. The zero-order valence-corrected chi connectivity index (χ0v) is 17.3. The number of aromatic nitrogens is 1. The van der Waals surface area contributed by atoms with Crippen LogP contribution in [0.5, 0.6) is 0 Å². The zero-order chi connectivity index (χ0) is 20.1. The molecule has 0 aliphatic rings. The molecule has 0 spiro atoms. The number of carbonyl (C=O) groups is 1. The lowest BCUT2D eigenvalue weighted by Crippen LogP contribution is -2.24. The molecule has 1 aromatic heterocycles. The molecule has 2 aromatic carbocycles. The Bertz CT molecular complexity index is 974. The summed E-state index contributed by atoms with van der Waals surface area (Å²) in [4.78, 5) is 17.1. The molecule has 3 rings (SSSR count). The second-order valence-electron chi connectivity index (χ2n) is 6.76. The first kappa shape index (κ1) is 20.0. The minimum Gasteiger partial charge on any atom is -0.348 e. The van der Waals surface area contributed by atoms with Gasteiger partial charge >= 0.3 is 0 Å². The highest BCUT2D eigenvalue weighted by atomic mass is 79.9. The fraction of sp³-hybridized carbons (Fsp3) is 0.182. The average molecular weight is 442 g/mol. The maximum atomic E-state index is 13.0. The molecule has 6 heteroatoms. The van der Waals surface area contributed by atoms with Crippen LogP contribution in [0.25, 0.3) is 0 Å². The van der Waals surface area contributed by atoms with Crippen molar-refractivity contribution in [3.05, 3.63) is 87.8 Å². The second kappa shape index (κ2) is 8.97. The fourth-order valence-corrected chi connectivity index (χ4v) is 3.20. The van der Waals surface area contributed by atoms with Gasteiger partial charge in [0.1, 0.15) is 11.6 Å². The molecule has 4 nitrogen and oxygen atoms in total. The predicted molar refractivity (Wildman–Crippen MR) is 113 cm³/mol. The molecular weight excluding hydrogens is 421 g/mol. The van der Waals surface area contributed by atoms with Gasteiger partial charge in [-0.05, 0) is 53.4 Å². The Morgan fingerprint density at radius 2 is 1.89 bits per heavy atom. The maximum Gasteiger partial charge on any atom is 0.253 e. The number of pyridine rings is 1. The molecular formula is C22H21BrFN3O. The van der Waals surface area contributed by atoms with Crippen LogP contribution >= 0.6 is 15.9 Å². The van der Waals surface area contributed by atoms with Gasteiger partial charge in [0.25, 0.3) is 5.91 Å². The summed E-state index contributed by atoms with van der Waals surface area (Å²) in [5.74, 6) is 0.332. The van der Waals surface area contributed by atoms with E-state index in [0.717, 1.165) is 21.3 Å². The van der Waals surface area contributed by atoms with E-state index in [9.17, 15) is 9.18 Å². The number of nitrogens with zero attached hydrogens (tertiary/aromatic N) is 1. The Labute approximate surface area is 172 Å². The Hall–Kier alpha value is -2.73. The molecule has 0 fully saturated rings. The van der Waals surface area contributed by atoms with E-state index in [1.165, 1.54) is 12.1 Å². The number of benzene rings is 2. The van der Waals surface area contributed by atoms with E-state index >= 15 is 0 Å². The number of amides is 1. The van der Waals surface area contributed by atoms with Crippen LogP contribution in [0.3, 0.4) is 0 Å². The summed E-state index contributed by atoms with van der Waals surface area (Å²) in [6.07, 6.45) is 1.59. The van der Waals surface area contributed by atoms with Crippen molar-refractivity contribution >= 4 is 33.3 Å². The van der Waals surface area contributed by atoms with Gasteiger partial charge in [-0.15, -0.1) is 0 Å². The topological polar surface area (TPSA) is 54.0 Å². The molecule has 1 heterocycles. The van der Waals surface area contributed by atoms with Gasteiger partial charge in [0.05, 0.1) is 5.56 Å². The largest absolute Gasteiger partial charge is 0.348 e. The first-order valence-electron chi connectivity index (χ1n) is 8.97. The minimum absolute atomic E-state index is 0.151. The summed E-state index contributed by atoms with van der Waals surface area (Å²) < 4.78 is 14.0. The standard InChI is InChI=1S/C22H21BrFN3O/c1-14(2)19-11-21(27-18-5-3-4-16(23)10-18)25-13-20(19)22(28)26-12-15-6-8-17(24)9-7-15/h3-11,13-14H,12H2,1-2H3,(H,25,27)(H,26,28). The molecule has 0 aliphatic heterocycles. The second-order valence-corrected chi connectivity index (χ2v) is 7.67. The van der Waals surface area contributed by atoms with E-state index in [4.69, 9.17) is 0 Å². The van der Waals surface area contributed by atoms with Crippen LogP contribution in [0.2, 0.25) is 0 Å². The van der Waals surface area contributed by atoms with Crippen LogP contribution in [0.1, 0.15) is 41.3 Å². The molecule has 0 saturated carbocycles. The molecule has 0 aliphatic carbocycles. The van der Waals surface area contributed by atoms with Gasteiger partial charge in [0.15, 0.2) is 0 Å². The number of carbonyl (C=O) groups excluding carboxylic acids is 1. The van der Waals surface area contributed by atoms with E-state index in [0.29, 0.717) is 17.9 Å². The van der Waals surface area contributed by atoms with Crippen molar-refractivity contribution in [2.75, 3.05) is 5.32 Å². The number of hydrogen-bond donors (Lipinski definition) is 2. The third-order valence-corrected chi connectivity index (χ3v) is 4.76. The Balaban J connectivity index is 1.76. The molecule has 0 atom stereocenters. The number of halogens is 2. The smallest absolute Gasteiger partial charge is 0.253 e. The summed E-state index contributed by atoms with van der Waals surface area (Å²) in [5, 5.41) is 6.14. The molecule has 0 saturated heterocycles. The van der Waals surface area contributed by atoms with Gasteiger partial charge in [0, 0.05) is 22.9 Å². The molecule has 2 N–H and O–H groups in total. The maximum absolute atomic E-state index is 13.0. The highest BCUT2D eigenvalue weighted by Crippen LogP contribution is 2.25. The van der Waals surface area contributed by atoms with Crippen LogP contribution in [0.15, 0.2) is 65.3 Å². The fourth-order valence-electron chi connectivity index (χ4n) is 2.80. The van der Waals surface area contributed by atoms with E-state index in [-0.39, 0.29) is 17.6 Å². The van der Waals surface area contributed by atoms with Gasteiger partial charge in [-0.1, -0.05) is 48.0 Å². The van der Waals surface area contributed by atoms with Crippen molar-refractivity contribution in [1.82, 2.24) is 10.3 Å². The molecule has 28 heavy (non-hydrogen) atoms. The summed E-state index contributed by atoms with van der Waals surface area (Å²) >= 11 is 3.45. The Morgan fingerprint density at radius 3 is 2.57 bits per heavy atom. The highest BCUT2D eigenvalue weighted by molar-refractivity contribution is 9.10. The SMILES string of the molecule is CC(C)c1cc(Nc2cccc(Br)c2)ncc1C(=O)NCc1ccc(F)cc1. The third-order valence-electron chi connectivity index (χ3n) is 4.27. The Kier molecular flexibility index (Phi) is 6.41. The van der Waals surface area contributed by atoms with Gasteiger partial charge in [-0.3, -0.25) is 4.79 Å². The summed E-state index contributed by atoms with van der Waals surface area (Å²) in [6.45, 7) is 4.40. The lowest BCUT2D eigenvalue weighted by Gasteiger charge is -2.15. The number of rotatable bonds is 6. The van der Waals surface area contributed by atoms with Crippen LogP contribution in [0.4, 0.5) is 15.9 Å². The van der Waals surface area contributed by atoms with E-state index in [1.54, 1.807) is 18.3 Å². The molecule has 0 unspecified atom stereocenters. The minimum atomic E-state index is -0.296. The number of anilines is 2. The van der Waals surface area contributed by atoms with Gasteiger partial charge < -0.3 is 10.6 Å². The molecule has 3 aromatic rings. The van der Waals surface area contributed by atoms with Crippen molar-refractivity contribution in [2.45, 2.75) is 26.3 Å². The highest BCUT2D eigenvalue weighted by Gasteiger charge is 2.15. The van der Waals surface area contributed by atoms with E-state index in [2.05, 4.69) is 31.5 Å². The zero-order valence-electron chi connectivity index (χ0n) is 15.7. The summed E-state index contributed by atoms with van der Waals surface area (Å²) in [6, 6.07) is 15.8. The van der Waals surface area contributed by atoms with Gasteiger partial charge in [-0.2, -0.15) is 0 Å². The van der Waals surface area contributed by atoms with Crippen LogP contribution in [0, 0.1) is 5.82 Å². The molecule has 0 bridgehead atoms. The molecule has 144 valence electrons. The van der Waals surface area contributed by atoms with Gasteiger partial charge in [-0.25, -0.2) is 9.37 Å². The van der Waals surface area contributed by atoms with E-state index < -0.39 is 0 Å². The Morgan fingerprint density at radius 1 is 1.14 bits per heavy atom. The van der Waals surface area contributed by atoms with Crippen molar-refractivity contribution < 1.29 is 9.18 Å². The van der Waals surface area contributed by atoms with E-state index in [1.807, 2.05) is 44.2 Å². The lowest BCUT2D eigenvalue weighted by atomic mass is 9.98.